The number of carbonyl (C=O) groups excluding carboxylic acids is 2. The molecule has 152 valence electrons. The lowest BCUT2D eigenvalue weighted by Gasteiger charge is -2.55. The molecule has 0 aliphatic heterocycles. The maximum Gasteiger partial charge on any atom is 0.243 e. The summed E-state index contributed by atoms with van der Waals surface area (Å²) in [6, 6.07) is 6.99. The summed E-state index contributed by atoms with van der Waals surface area (Å²) < 4.78 is 0. The van der Waals surface area contributed by atoms with Crippen LogP contribution in [-0.2, 0) is 16.1 Å². The van der Waals surface area contributed by atoms with E-state index >= 15 is 0 Å². The monoisotopic (exact) mass is 402 g/mol. The van der Waals surface area contributed by atoms with Crippen molar-refractivity contribution in [3.63, 3.8) is 0 Å². The summed E-state index contributed by atoms with van der Waals surface area (Å²) in [4.78, 5) is 26.2. The van der Waals surface area contributed by atoms with Crippen molar-refractivity contribution in [2.75, 3.05) is 0 Å². The molecule has 0 aromatic heterocycles. The molecule has 1 atom stereocenters. The van der Waals surface area contributed by atoms with Gasteiger partial charge in [-0.3, -0.25) is 9.59 Å². The van der Waals surface area contributed by atoms with Crippen LogP contribution in [0, 0.1) is 29.1 Å². The van der Waals surface area contributed by atoms with Gasteiger partial charge in [-0.15, -0.1) is 0 Å². The van der Waals surface area contributed by atoms with Gasteiger partial charge < -0.3 is 10.6 Å². The van der Waals surface area contributed by atoms with Crippen LogP contribution in [0.1, 0.15) is 57.9 Å². The maximum atomic E-state index is 13.3. The Balaban J connectivity index is 1.41. The lowest BCUT2D eigenvalue weighted by Crippen LogP contribution is -2.58. The summed E-state index contributed by atoms with van der Waals surface area (Å²) in [6.07, 6.45) is 6.94. The Morgan fingerprint density at radius 2 is 1.64 bits per heavy atom. The van der Waals surface area contributed by atoms with Gasteiger partial charge in [-0.25, -0.2) is 0 Å². The van der Waals surface area contributed by atoms with Crippen LogP contribution < -0.4 is 10.6 Å². The quantitative estimate of drug-likeness (QED) is 0.744. The highest BCUT2D eigenvalue weighted by molar-refractivity contribution is 6.31. The fraction of sp³-hybridized carbons (Fsp3) is 0.652. The Kier molecular flexibility index (Phi) is 5.43. The van der Waals surface area contributed by atoms with E-state index in [1.165, 1.54) is 19.3 Å². The lowest BCUT2D eigenvalue weighted by molar-refractivity contribution is -0.149. The first kappa shape index (κ1) is 19.8. The number of benzene rings is 1. The lowest BCUT2D eigenvalue weighted by atomic mass is 9.49. The van der Waals surface area contributed by atoms with E-state index in [0.717, 1.165) is 24.8 Å². The number of rotatable bonds is 6. The molecule has 4 saturated carbocycles. The highest BCUT2D eigenvalue weighted by Crippen LogP contribution is 2.60. The average molecular weight is 403 g/mol. The van der Waals surface area contributed by atoms with Crippen molar-refractivity contribution < 1.29 is 9.59 Å². The molecule has 1 aromatic rings. The van der Waals surface area contributed by atoms with Gasteiger partial charge in [0.25, 0.3) is 0 Å². The molecule has 0 unspecified atom stereocenters. The van der Waals surface area contributed by atoms with E-state index in [9.17, 15) is 9.59 Å². The van der Waals surface area contributed by atoms with Crippen LogP contribution in [0.3, 0.4) is 0 Å². The number of halogens is 1. The summed E-state index contributed by atoms with van der Waals surface area (Å²) >= 11 is 6.19. The molecule has 0 heterocycles. The van der Waals surface area contributed by atoms with E-state index in [0.29, 0.717) is 29.3 Å². The summed E-state index contributed by atoms with van der Waals surface area (Å²) in [5, 5.41) is 6.74. The second-order valence-corrected chi connectivity index (χ2v) is 10.1. The van der Waals surface area contributed by atoms with Gasteiger partial charge in [0.15, 0.2) is 0 Å². The molecule has 4 aliphatic rings. The first-order valence-corrected chi connectivity index (χ1v) is 11.1. The van der Waals surface area contributed by atoms with Crippen LogP contribution in [0.15, 0.2) is 24.3 Å². The van der Waals surface area contributed by atoms with Crippen molar-refractivity contribution in [3.8, 4) is 0 Å². The van der Waals surface area contributed by atoms with Gasteiger partial charge in [0.1, 0.15) is 6.04 Å². The SMILES string of the molecule is CC(C)[C@@H](NC(=O)C12CC3CC(CC(C3)C1)C2)C(=O)NCc1ccccc1Cl. The third-order valence-corrected chi connectivity index (χ3v) is 7.54. The second-order valence-electron chi connectivity index (χ2n) is 9.70. The molecular formula is C23H31ClN2O2. The fourth-order valence-corrected chi connectivity index (χ4v) is 6.35. The molecule has 4 nitrogen and oxygen atoms in total. The van der Waals surface area contributed by atoms with Crippen LogP contribution in [0.5, 0.6) is 0 Å². The fourth-order valence-electron chi connectivity index (χ4n) is 6.15. The van der Waals surface area contributed by atoms with Gasteiger partial charge in [-0.2, -0.15) is 0 Å². The second kappa shape index (κ2) is 7.70. The Bertz CT molecular complexity index is 725. The maximum absolute atomic E-state index is 13.3. The van der Waals surface area contributed by atoms with E-state index in [1.807, 2.05) is 38.1 Å². The molecule has 1 aromatic carbocycles. The van der Waals surface area contributed by atoms with E-state index in [-0.39, 0.29) is 23.1 Å². The Hall–Kier alpha value is -1.55. The first-order chi connectivity index (χ1) is 13.4. The van der Waals surface area contributed by atoms with Crippen LogP contribution in [-0.4, -0.2) is 17.9 Å². The summed E-state index contributed by atoms with van der Waals surface area (Å²) in [5.41, 5.74) is 0.651. The van der Waals surface area contributed by atoms with E-state index in [2.05, 4.69) is 10.6 Å². The van der Waals surface area contributed by atoms with Gasteiger partial charge in [0.05, 0.1) is 0 Å². The van der Waals surface area contributed by atoms with Crippen molar-refractivity contribution in [2.45, 2.75) is 65.0 Å². The minimum atomic E-state index is -0.511. The van der Waals surface area contributed by atoms with Crippen molar-refractivity contribution >= 4 is 23.4 Å². The molecule has 4 fully saturated rings. The summed E-state index contributed by atoms with van der Waals surface area (Å²) in [5.74, 6) is 2.14. The van der Waals surface area contributed by atoms with Gasteiger partial charge in [0, 0.05) is 17.0 Å². The van der Waals surface area contributed by atoms with Crippen molar-refractivity contribution in [2.24, 2.45) is 29.1 Å². The molecule has 4 bridgehead atoms. The van der Waals surface area contributed by atoms with Crippen LogP contribution in [0.2, 0.25) is 5.02 Å². The highest BCUT2D eigenvalue weighted by Gasteiger charge is 2.55. The summed E-state index contributed by atoms with van der Waals surface area (Å²) in [7, 11) is 0. The van der Waals surface area contributed by atoms with Gasteiger partial charge in [-0.05, 0) is 73.8 Å². The van der Waals surface area contributed by atoms with Crippen LogP contribution in [0.4, 0.5) is 0 Å². The molecule has 5 rings (SSSR count). The van der Waals surface area contributed by atoms with Crippen molar-refractivity contribution in [3.05, 3.63) is 34.9 Å². The molecule has 28 heavy (non-hydrogen) atoms. The zero-order valence-corrected chi connectivity index (χ0v) is 17.6. The number of nitrogens with one attached hydrogen (secondary N) is 2. The highest BCUT2D eigenvalue weighted by atomic mass is 35.5. The third-order valence-electron chi connectivity index (χ3n) is 7.17. The number of carbonyl (C=O) groups is 2. The Morgan fingerprint density at radius 3 is 2.18 bits per heavy atom. The largest absolute Gasteiger partial charge is 0.350 e. The van der Waals surface area contributed by atoms with Gasteiger partial charge in [0.2, 0.25) is 11.8 Å². The van der Waals surface area contributed by atoms with E-state index in [1.54, 1.807) is 0 Å². The predicted molar refractivity (Wildman–Crippen MR) is 111 cm³/mol. The van der Waals surface area contributed by atoms with Crippen molar-refractivity contribution in [1.82, 2.24) is 10.6 Å². The van der Waals surface area contributed by atoms with Crippen LogP contribution >= 0.6 is 11.6 Å². The van der Waals surface area contributed by atoms with Crippen molar-refractivity contribution in [1.29, 1.82) is 0 Å². The zero-order chi connectivity index (χ0) is 19.9. The average Bonchev–Trinajstić information content (AvgIpc) is 2.63. The molecular weight excluding hydrogens is 372 g/mol. The van der Waals surface area contributed by atoms with Gasteiger partial charge in [-0.1, -0.05) is 43.6 Å². The molecule has 2 amide bonds. The molecule has 0 radical (unpaired) electrons. The first-order valence-electron chi connectivity index (χ1n) is 10.7. The Morgan fingerprint density at radius 1 is 1.07 bits per heavy atom. The normalized spacial score (nSPS) is 31.6. The third kappa shape index (κ3) is 3.80. The minimum absolute atomic E-state index is 0.0316. The zero-order valence-electron chi connectivity index (χ0n) is 16.8. The minimum Gasteiger partial charge on any atom is -0.350 e. The topological polar surface area (TPSA) is 58.2 Å². The van der Waals surface area contributed by atoms with E-state index in [4.69, 9.17) is 11.6 Å². The van der Waals surface area contributed by atoms with E-state index < -0.39 is 6.04 Å². The number of hydrogen-bond donors (Lipinski definition) is 2. The smallest absolute Gasteiger partial charge is 0.243 e. The number of amides is 2. The molecule has 5 heteroatoms. The Labute approximate surface area is 172 Å². The molecule has 2 N–H and O–H groups in total. The molecule has 0 spiro atoms. The summed E-state index contributed by atoms with van der Waals surface area (Å²) in [6.45, 7) is 4.34. The van der Waals surface area contributed by atoms with Crippen LogP contribution in [0.25, 0.3) is 0 Å². The van der Waals surface area contributed by atoms with Gasteiger partial charge >= 0.3 is 0 Å². The number of hydrogen-bond acceptors (Lipinski definition) is 2. The molecule has 0 saturated heterocycles. The standard InChI is InChI=1S/C23H31ClN2O2/c1-14(2)20(21(27)25-13-18-5-3-4-6-19(18)24)26-22(28)23-10-15-7-16(11-23)9-17(8-15)12-23/h3-6,14-17,20H,7-13H2,1-2H3,(H,25,27)(H,26,28)/t15?,16?,17?,20-,23?/m1/s1. The predicted octanol–water partition coefficient (Wildman–Crippen LogP) is 4.31. The molecule has 4 aliphatic carbocycles.